The summed E-state index contributed by atoms with van der Waals surface area (Å²) in [4.78, 5) is 12.9. The molecule has 0 atom stereocenters. The van der Waals surface area contributed by atoms with Crippen molar-refractivity contribution in [1.29, 1.82) is 0 Å². The van der Waals surface area contributed by atoms with E-state index in [9.17, 15) is 13.2 Å². The molecular formula is C27H30N2O6S. The number of hydrogen-bond donors (Lipinski definition) is 1. The van der Waals surface area contributed by atoms with Gasteiger partial charge in [0.1, 0.15) is 25.5 Å². The Morgan fingerprint density at radius 3 is 2.42 bits per heavy atom. The minimum atomic E-state index is -3.99. The summed E-state index contributed by atoms with van der Waals surface area (Å²) in [5.41, 5.74) is 1.46. The number of sulfonamides is 1. The van der Waals surface area contributed by atoms with Gasteiger partial charge in [-0.2, -0.15) is 0 Å². The highest BCUT2D eigenvalue weighted by Crippen LogP contribution is 2.35. The predicted molar refractivity (Wildman–Crippen MR) is 137 cm³/mol. The highest BCUT2D eigenvalue weighted by molar-refractivity contribution is 7.92. The molecule has 0 aliphatic carbocycles. The predicted octanol–water partition coefficient (Wildman–Crippen LogP) is 3.80. The number of fused-ring (bicyclic) bond motifs is 1. The van der Waals surface area contributed by atoms with Crippen LogP contribution in [0.3, 0.4) is 0 Å². The average molecular weight is 511 g/mol. The maximum absolute atomic E-state index is 13.5. The van der Waals surface area contributed by atoms with Gasteiger partial charge in [-0.1, -0.05) is 30.3 Å². The van der Waals surface area contributed by atoms with Crippen molar-refractivity contribution in [2.75, 3.05) is 37.2 Å². The average Bonchev–Trinajstić information content (AvgIpc) is 2.91. The maximum atomic E-state index is 13.5. The van der Waals surface area contributed by atoms with E-state index in [0.29, 0.717) is 43.6 Å². The molecule has 0 fully saturated rings. The molecule has 8 nitrogen and oxygen atoms in total. The first kappa shape index (κ1) is 25.4. The second-order valence-electron chi connectivity index (χ2n) is 8.18. The second kappa shape index (κ2) is 11.8. The van der Waals surface area contributed by atoms with Crippen LogP contribution in [-0.4, -0.2) is 47.2 Å². The van der Waals surface area contributed by atoms with E-state index >= 15 is 0 Å². The first-order valence-corrected chi connectivity index (χ1v) is 13.4. The Hall–Kier alpha value is -3.72. The quantitative estimate of drug-likeness (QED) is 0.395. The number of aryl methyl sites for hydroxylation is 1. The molecule has 1 N–H and O–H groups in total. The van der Waals surface area contributed by atoms with Crippen LogP contribution in [0.25, 0.3) is 0 Å². The topological polar surface area (TPSA) is 94.2 Å². The van der Waals surface area contributed by atoms with Crippen molar-refractivity contribution in [3.05, 3.63) is 78.4 Å². The van der Waals surface area contributed by atoms with Crippen molar-refractivity contribution in [1.82, 2.24) is 5.32 Å². The highest BCUT2D eigenvalue weighted by Gasteiger charge is 2.28. The van der Waals surface area contributed by atoms with Crippen molar-refractivity contribution < 1.29 is 27.4 Å². The summed E-state index contributed by atoms with van der Waals surface area (Å²) in [6, 6.07) is 20.8. The van der Waals surface area contributed by atoms with Gasteiger partial charge >= 0.3 is 0 Å². The molecule has 3 aromatic carbocycles. The number of hydrogen-bond acceptors (Lipinski definition) is 6. The van der Waals surface area contributed by atoms with Crippen LogP contribution >= 0.6 is 0 Å². The lowest BCUT2D eigenvalue weighted by Gasteiger charge is -2.26. The number of rotatable bonds is 11. The van der Waals surface area contributed by atoms with E-state index < -0.39 is 15.9 Å². The van der Waals surface area contributed by atoms with E-state index in [1.54, 1.807) is 36.4 Å². The van der Waals surface area contributed by atoms with E-state index in [-0.39, 0.29) is 11.4 Å². The summed E-state index contributed by atoms with van der Waals surface area (Å²) in [7, 11) is -3.99. The zero-order chi connectivity index (χ0) is 25.4. The molecule has 0 saturated carbocycles. The van der Waals surface area contributed by atoms with Gasteiger partial charge in [0.15, 0.2) is 11.5 Å². The maximum Gasteiger partial charge on any atom is 0.264 e. The van der Waals surface area contributed by atoms with Gasteiger partial charge in [0.05, 0.1) is 17.2 Å². The van der Waals surface area contributed by atoms with Crippen LogP contribution in [0.1, 0.15) is 18.9 Å². The molecule has 0 aromatic heterocycles. The van der Waals surface area contributed by atoms with Crippen molar-refractivity contribution in [3.8, 4) is 17.2 Å². The summed E-state index contributed by atoms with van der Waals surface area (Å²) in [5.74, 6) is 1.42. The van der Waals surface area contributed by atoms with E-state index in [1.165, 1.54) is 12.1 Å². The highest BCUT2D eigenvalue weighted by atomic mass is 32.2. The fraction of sp³-hybridized carbons (Fsp3) is 0.296. The number of carbonyl (C=O) groups is 1. The summed E-state index contributed by atoms with van der Waals surface area (Å²) in [6.07, 6.45) is 1.50. The van der Waals surface area contributed by atoms with E-state index in [4.69, 9.17) is 14.2 Å². The number of ether oxygens (including phenoxy) is 3. The largest absolute Gasteiger partial charge is 0.494 e. The Kier molecular flexibility index (Phi) is 8.32. The summed E-state index contributed by atoms with van der Waals surface area (Å²) < 4.78 is 44.7. The molecule has 1 aliphatic rings. The van der Waals surface area contributed by atoms with Crippen LogP contribution in [0.15, 0.2) is 77.7 Å². The van der Waals surface area contributed by atoms with E-state index in [0.717, 1.165) is 28.5 Å². The number of anilines is 1. The first-order valence-electron chi connectivity index (χ1n) is 11.9. The van der Waals surface area contributed by atoms with Crippen LogP contribution in [0.2, 0.25) is 0 Å². The molecule has 3 aromatic rings. The van der Waals surface area contributed by atoms with Gasteiger partial charge in [0.25, 0.3) is 10.0 Å². The van der Waals surface area contributed by atoms with Crippen LogP contribution in [0, 0.1) is 0 Å². The summed E-state index contributed by atoms with van der Waals surface area (Å²) in [6.45, 7) is 3.42. The van der Waals surface area contributed by atoms with Gasteiger partial charge in [-0.05, 0) is 61.7 Å². The van der Waals surface area contributed by atoms with Crippen molar-refractivity contribution in [3.63, 3.8) is 0 Å². The molecule has 1 amide bonds. The molecule has 1 aliphatic heterocycles. The van der Waals surface area contributed by atoms with Gasteiger partial charge in [-0.15, -0.1) is 0 Å². The second-order valence-corrected chi connectivity index (χ2v) is 10.0. The fourth-order valence-corrected chi connectivity index (χ4v) is 5.28. The zero-order valence-electron chi connectivity index (χ0n) is 20.2. The van der Waals surface area contributed by atoms with Gasteiger partial charge in [-0.3, -0.25) is 9.10 Å². The lowest BCUT2D eigenvalue weighted by Crippen LogP contribution is -2.41. The molecule has 0 unspecified atom stereocenters. The molecule has 0 saturated heterocycles. The van der Waals surface area contributed by atoms with E-state index in [2.05, 4.69) is 5.32 Å². The normalized spacial score (nSPS) is 12.6. The number of amides is 1. The lowest BCUT2D eigenvalue weighted by atomic mass is 10.1. The Bertz CT molecular complexity index is 1260. The molecule has 1 heterocycles. The zero-order valence-corrected chi connectivity index (χ0v) is 21.0. The smallest absolute Gasteiger partial charge is 0.264 e. The molecule has 0 spiro atoms. The SMILES string of the molecule is CCOc1ccc(CCCNC(=O)CN(c2ccc3c(c2)OCCO3)S(=O)(=O)c2ccccc2)cc1. The summed E-state index contributed by atoms with van der Waals surface area (Å²) in [5, 5.41) is 2.85. The third-order valence-corrected chi connectivity index (χ3v) is 7.42. The van der Waals surface area contributed by atoms with E-state index in [1.807, 2.05) is 31.2 Å². The van der Waals surface area contributed by atoms with Crippen LogP contribution in [0.4, 0.5) is 5.69 Å². The van der Waals surface area contributed by atoms with Crippen LogP contribution in [0.5, 0.6) is 17.2 Å². The minimum absolute atomic E-state index is 0.100. The van der Waals surface area contributed by atoms with Crippen molar-refractivity contribution in [2.45, 2.75) is 24.7 Å². The van der Waals surface area contributed by atoms with Crippen molar-refractivity contribution >= 4 is 21.6 Å². The Morgan fingerprint density at radius 1 is 0.972 bits per heavy atom. The monoisotopic (exact) mass is 510 g/mol. The van der Waals surface area contributed by atoms with Gasteiger partial charge < -0.3 is 19.5 Å². The van der Waals surface area contributed by atoms with Gasteiger partial charge in [0.2, 0.25) is 5.91 Å². The molecule has 0 radical (unpaired) electrons. The standard InChI is InChI=1S/C27H30N2O6S/c1-2-33-23-13-10-21(11-14-23)7-6-16-28-27(30)20-29(36(31,32)24-8-4-3-5-9-24)22-12-15-25-26(19-22)35-18-17-34-25/h3-5,8-15,19H,2,6-7,16-18,20H2,1H3,(H,28,30). The third-order valence-electron chi connectivity index (χ3n) is 5.63. The fourth-order valence-electron chi connectivity index (χ4n) is 3.85. The molecule has 0 bridgehead atoms. The molecule has 4 rings (SSSR count). The number of nitrogens with zero attached hydrogens (tertiary/aromatic N) is 1. The minimum Gasteiger partial charge on any atom is -0.494 e. The number of carbonyl (C=O) groups excluding carboxylic acids is 1. The molecular weight excluding hydrogens is 480 g/mol. The van der Waals surface area contributed by atoms with Gasteiger partial charge in [0, 0.05) is 12.6 Å². The van der Waals surface area contributed by atoms with Crippen molar-refractivity contribution in [2.24, 2.45) is 0 Å². The lowest BCUT2D eigenvalue weighted by molar-refractivity contribution is -0.119. The molecule has 9 heteroatoms. The van der Waals surface area contributed by atoms with Gasteiger partial charge in [-0.25, -0.2) is 8.42 Å². The third kappa shape index (κ3) is 6.28. The first-order chi connectivity index (χ1) is 17.5. The molecule has 36 heavy (non-hydrogen) atoms. The number of nitrogens with one attached hydrogen (secondary N) is 1. The Labute approximate surface area is 211 Å². The Morgan fingerprint density at radius 2 is 1.69 bits per heavy atom. The number of benzene rings is 3. The van der Waals surface area contributed by atoms with Crippen LogP contribution < -0.4 is 23.8 Å². The van der Waals surface area contributed by atoms with Crippen LogP contribution in [-0.2, 0) is 21.2 Å². The molecule has 190 valence electrons. The summed E-state index contributed by atoms with van der Waals surface area (Å²) >= 11 is 0. The Balaban J connectivity index is 1.43.